The highest BCUT2D eigenvalue weighted by molar-refractivity contribution is 5.79. The Balaban J connectivity index is 1.43. The molecule has 0 N–H and O–H groups in total. The van der Waals surface area contributed by atoms with E-state index in [1.807, 2.05) is 42.7 Å². The number of hydrogen-bond donors (Lipinski definition) is 0. The predicted octanol–water partition coefficient (Wildman–Crippen LogP) is 2.75. The fourth-order valence-corrected chi connectivity index (χ4v) is 4.23. The van der Waals surface area contributed by atoms with Gasteiger partial charge in [0.25, 0.3) is 0 Å². The first kappa shape index (κ1) is 16.3. The number of amides is 1. The fourth-order valence-electron chi connectivity index (χ4n) is 4.23. The maximum atomic E-state index is 12.9. The van der Waals surface area contributed by atoms with Crippen LogP contribution in [0.4, 0.5) is 0 Å². The van der Waals surface area contributed by atoms with Crippen LogP contribution in [0.3, 0.4) is 0 Å². The zero-order valence-electron chi connectivity index (χ0n) is 14.6. The SMILES string of the molecule is O=C(Cc1ccccc1)N1C[C@H]2CC[C@@H]1CN(Cc1ccncc1)C2. The lowest BCUT2D eigenvalue weighted by Gasteiger charge is -2.36. The van der Waals surface area contributed by atoms with E-state index in [0.29, 0.717) is 18.4 Å². The van der Waals surface area contributed by atoms with Crippen LogP contribution in [0.2, 0.25) is 0 Å². The molecule has 4 nitrogen and oxygen atoms in total. The van der Waals surface area contributed by atoms with Gasteiger partial charge in [-0.05, 0) is 42.0 Å². The van der Waals surface area contributed by atoms with E-state index in [0.717, 1.165) is 38.2 Å². The lowest BCUT2D eigenvalue weighted by Crippen LogP contribution is -2.47. The van der Waals surface area contributed by atoms with Gasteiger partial charge in [0.1, 0.15) is 0 Å². The quantitative estimate of drug-likeness (QED) is 0.862. The second kappa shape index (κ2) is 7.36. The summed E-state index contributed by atoms with van der Waals surface area (Å²) in [5.41, 5.74) is 2.42. The van der Waals surface area contributed by atoms with Crippen LogP contribution in [0.25, 0.3) is 0 Å². The molecule has 130 valence electrons. The van der Waals surface area contributed by atoms with E-state index in [-0.39, 0.29) is 5.91 Å². The first-order valence-electron chi connectivity index (χ1n) is 9.22. The Morgan fingerprint density at radius 1 is 0.960 bits per heavy atom. The summed E-state index contributed by atoms with van der Waals surface area (Å²) in [7, 11) is 0. The summed E-state index contributed by atoms with van der Waals surface area (Å²) in [5, 5.41) is 0. The van der Waals surface area contributed by atoms with Crippen LogP contribution in [0, 0.1) is 5.92 Å². The number of rotatable bonds is 4. The Hall–Kier alpha value is -2.20. The van der Waals surface area contributed by atoms with Gasteiger partial charge in [-0.25, -0.2) is 0 Å². The number of carbonyl (C=O) groups excluding carboxylic acids is 1. The highest BCUT2D eigenvalue weighted by atomic mass is 16.2. The lowest BCUT2D eigenvalue weighted by atomic mass is 9.94. The normalized spacial score (nSPS) is 23.4. The van der Waals surface area contributed by atoms with E-state index in [1.165, 1.54) is 12.0 Å². The van der Waals surface area contributed by atoms with Crippen LogP contribution in [0.1, 0.15) is 24.0 Å². The van der Waals surface area contributed by atoms with Gasteiger partial charge in [-0.1, -0.05) is 30.3 Å². The minimum Gasteiger partial charge on any atom is -0.338 e. The smallest absolute Gasteiger partial charge is 0.227 e. The first-order valence-corrected chi connectivity index (χ1v) is 9.22. The molecule has 0 radical (unpaired) electrons. The number of pyridine rings is 1. The van der Waals surface area contributed by atoms with Crippen molar-refractivity contribution in [2.24, 2.45) is 5.92 Å². The van der Waals surface area contributed by atoms with Gasteiger partial charge in [-0.2, -0.15) is 0 Å². The average molecular weight is 335 g/mol. The van der Waals surface area contributed by atoms with E-state index in [1.54, 1.807) is 0 Å². The van der Waals surface area contributed by atoms with Crippen LogP contribution in [-0.2, 0) is 17.8 Å². The second-order valence-electron chi connectivity index (χ2n) is 7.36. The molecular formula is C21H25N3O. The van der Waals surface area contributed by atoms with Crippen LogP contribution >= 0.6 is 0 Å². The molecule has 2 bridgehead atoms. The molecule has 5 rings (SSSR count). The summed E-state index contributed by atoms with van der Waals surface area (Å²) in [6.07, 6.45) is 6.62. The van der Waals surface area contributed by atoms with E-state index in [2.05, 4.69) is 26.9 Å². The van der Waals surface area contributed by atoms with Crippen LogP contribution in [-0.4, -0.2) is 46.4 Å². The highest BCUT2D eigenvalue weighted by Gasteiger charge is 2.36. The molecule has 4 heteroatoms. The molecule has 1 amide bonds. The molecule has 0 spiro atoms. The zero-order valence-corrected chi connectivity index (χ0v) is 14.6. The molecule has 2 aromatic rings. The van der Waals surface area contributed by atoms with Crippen LogP contribution in [0.15, 0.2) is 54.9 Å². The maximum Gasteiger partial charge on any atom is 0.227 e. The summed E-state index contributed by atoms with van der Waals surface area (Å²) in [5.74, 6) is 0.881. The lowest BCUT2D eigenvalue weighted by molar-refractivity contribution is -0.134. The van der Waals surface area contributed by atoms with Crippen molar-refractivity contribution in [3.05, 3.63) is 66.0 Å². The van der Waals surface area contributed by atoms with Crippen molar-refractivity contribution in [2.45, 2.75) is 31.8 Å². The molecular weight excluding hydrogens is 310 g/mol. The van der Waals surface area contributed by atoms with Gasteiger partial charge in [0.05, 0.1) is 6.42 Å². The zero-order chi connectivity index (χ0) is 17.1. The first-order chi connectivity index (χ1) is 12.3. The molecule has 25 heavy (non-hydrogen) atoms. The third kappa shape index (κ3) is 3.90. The largest absolute Gasteiger partial charge is 0.338 e. The molecule has 4 heterocycles. The molecule has 2 atom stereocenters. The predicted molar refractivity (Wildman–Crippen MR) is 97.9 cm³/mol. The highest BCUT2D eigenvalue weighted by Crippen LogP contribution is 2.29. The third-order valence-electron chi connectivity index (χ3n) is 5.46. The van der Waals surface area contributed by atoms with Crippen LogP contribution in [0.5, 0.6) is 0 Å². The molecule has 3 aliphatic rings. The Kier molecular flexibility index (Phi) is 4.79. The minimum atomic E-state index is 0.284. The van der Waals surface area contributed by atoms with Gasteiger partial charge in [0.15, 0.2) is 0 Å². The van der Waals surface area contributed by atoms with Crippen molar-refractivity contribution in [1.82, 2.24) is 14.8 Å². The van der Waals surface area contributed by atoms with Crippen molar-refractivity contribution < 1.29 is 4.79 Å². The van der Waals surface area contributed by atoms with E-state index < -0.39 is 0 Å². The van der Waals surface area contributed by atoms with Crippen molar-refractivity contribution in [2.75, 3.05) is 19.6 Å². The third-order valence-corrected chi connectivity index (χ3v) is 5.46. The number of hydrogen-bond acceptors (Lipinski definition) is 3. The molecule has 0 aliphatic carbocycles. The second-order valence-corrected chi connectivity index (χ2v) is 7.36. The summed E-state index contributed by atoms with van der Waals surface area (Å²) in [6, 6.07) is 14.6. The Morgan fingerprint density at radius 2 is 1.76 bits per heavy atom. The van der Waals surface area contributed by atoms with Gasteiger partial charge in [0, 0.05) is 44.6 Å². The van der Waals surface area contributed by atoms with Crippen molar-refractivity contribution in [3.8, 4) is 0 Å². The summed E-state index contributed by atoms with van der Waals surface area (Å²) < 4.78 is 0. The van der Waals surface area contributed by atoms with Gasteiger partial charge in [0.2, 0.25) is 5.91 Å². The van der Waals surface area contributed by atoms with Crippen molar-refractivity contribution in [3.63, 3.8) is 0 Å². The molecule has 0 unspecified atom stereocenters. The Bertz CT molecular complexity index is 704. The number of benzene rings is 1. The van der Waals surface area contributed by atoms with Gasteiger partial charge < -0.3 is 4.90 Å². The van der Waals surface area contributed by atoms with E-state index in [9.17, 15) is 4.79 Å². The van der Waals surface area contributed by atoms with Gasteiger partial charge in [-0.15, -0.1) is 0 Å². The standard InChI is InChI=1S/C21H25N3O/c25-21(12-17-4-2-1-3-5-17)24-15-19-6-7-20(24)16-23(14-19)13-18-8-10-22-11-9-18/h1-5,8-11,19-20H,6-7,12-16H2/t19-,20+/m0/s1. The Morgan fingerprint density at radius 3 is 2.56 bits per heavy atom. The summed E-state index contributed by atoms with van der Waals surface area (Å²) in [6.45, 7) is 3.95. The average Bonchev–Trinajstić information content (AvgIpc) is 2.94. The molecule has 3 saturated heterocycles. The van der Waals surface area contributed by atoms with E-state index >= 15 is 0 Å². The Labute approximate surface area is 149 Å². The summed E-state index contributed by atoms with van der Waals surface area (Å²) >= 11 is 0. The number of nitrogens with zero attached hydrogens (tertiary/aromatic N) is 3. The topological polar surface area (TPSA) is 36.4 Å². The van der Waals surface area contributed by atoms with Crippen molar-refractivity contribution >= 4 is 5.91 Å². The molecule has 1 aromatic heterocycles. The monoisotopic (exact) mass is 335 g/mol. The van der Waals surface area contributed by atoms with Crippen LogP contribution < -0.4 is 0 Å². The molecule has 1 aromatic carbocycles. The molecule has 0 saturated carbocycles. The van der Waals surface area contributed by atoms with Crippen molar-refractivity contribution in [1.29, 1.82) is 0 Å². The van der Waals surface area contributed by atoms with Gasteiger partial charge >= 0.3 is 0 Å². The number of piperidine rings is 1. The molecule has 3 fully saturated rings. The number of aromatic nitrogens is 1. The summed E-state index contributed by atoms with van der Waals surface area (Å²) in [4.78, 5) is 21.7. The van der Waals surface area contributed by atoms with Gasteiger partial charge in [-0.3, -0.25) is 14.7 Å². The minimum absolute atomic E-state index is 0.284. The molecule has 3 aliphatic heterocycles. The van der Waals surface area contributed by atoms with E-state index in [4.69, 9.17) is 0 Å². The number of fused-ring (bicyclic) bond motifs is 4. The number of carbonyl (C=O) groups is 1. The maximum absolute atomic E-state index is 12.9. The fraction of sp³-hybridized carbons (Fsp3) is 0.429.